The van der Waals surface area contributed by atoms with Gasteiger partial charge < -0.3 is 10.1 Å². The fourth-order valence-electron chi connectivity index (χ4n) is 2.91. The second-order valence-electron chi connectivity index (χ2n) is 6.82. The maximum Gasteiger partial charge on any atom is 0.258 e. The lowest BCUT2D eigenvalue weighted by Crippen LogP contribution is -2.47. The normalized spacial score (nSPS) is 15.7. The van der Waals surface area contributed by atoms with Crippen LogP contribution in [0.5, 0.6) is 5.75 Å². The summed E-state index contributed by atoms with van der Waals surface area (Å²) in [6.07, 6.45) is 2.73. The number of hydrogen-bond acceptors (Lipinski definition) is 5. The van der Waals surface area contributed by atoms with Crippen LogP contribution in [0.2, 0.25) is 10.0 Å². The molecule has 1 aromatic rings. The van der Waals surface area contributed by atoms with Crippen molar-refractivity contribution in [2.75, 3.05) is 26.0 Å². The minimum absolute atomic E-state index is 0.0516. The van der Waals surface area contributed by atoms with Crippen LogP contribution in [-0.4, -0.2) is 56.4 Å². The van der Waals surface area contributed by atoms with E-state index in [9.17, 15) is 18.0 Å². The first kappa shape index (κ1) is 23.7. The zero-order chi connectivity index (χ0) is 21.8. The molecule has 1 aromatic carbocycles. The first-order chi connectivity index (χ1) is 13.5. The van der Waals surface area contributed by atoms with Crippen molar-refractivity contribution in [2.24, 2.45) is 0 Å². The number of hydrogen-bond donors (Lipinski definition) is 1. The highest BCUT2D eigenvalue weighted by atomic mass is 35.5. The number of nitrogens with zero attached hydrogens (tertiary/aromatic N) is 1. The van der Waals surface area contributed by atoms with Gasteiger partial charge in [0.2, 0.25) is 10.0 Å². The molecule has 0 spiro atoms. The SMILES string of the molecule is C=C(CC)C(=O)c1ccc(OCC(=O)NC2CCN(S(C)(=O)=O)CC2)c(Cl)c1Cl. The largest absolute Gasteiger partial charge is 0.482 e. The average molecular weight is 463 g/mol. The Bertz CT molecular complexity index is 909. The van der Waals surface area contributed by atoms with Crippen LogP contribution >= 0.6 is 23.2 Å². The van der Waals surface area contributed by atoms with E-state index in [1.807, 2.05) is 6.92 Å². The predicted octanol–water partition coefficient (Wildman–Crippen LogP) is 3.06. The van der Waals surface area contributed by atoms with Crippen molar-refractivity contribution in [3.8, 4) is 5.75 Å². The summed E-state index contributed by atoms with van der Waals surface area (Å²) in [7, 11) is -3.21. The Morgan fingerprint density at radius 2 is 1.86 bits per heavy atom. The fraction of sp³-hybridized carbons (Fsp3) is 0.474. The topological polar surface area (TPSA) is 92.8 Å². The number of allylic oxidation sites excluding steroid dienone is 1. The van der Waals surface area contributed by atoms with Gasteiger partial charge >= 0.3 is 0 Å². The van der Waals surface area contributed by atoms with E-state index in [1.54, 1.807) is 0 Å². The van der Waals surface area contributed by atoms with E-state index in [4.69, 9.17) is 27.9 Å². The van der Waals surface area contributed by atoms with Crippen molar-refractivity contribution in [3.05, 3.63) is 39.9 Å². The molecule has 1 fully saturated rings. The lowest BCUT2D eigenvalue weighted by Gasteiger charge is -2.30. The molecule has 0 radical (unpaired) electrons. The Labute approximate surface area is 181 Å². The molecule has 1 saturated heterocycles. The predicted molar refractivity (Wildman–Crippen MR) is 113 cm³/mol. The van der Waals surface area contributed by atoms with Gasteiger partial charge in [0, 0.05) is 24.7 Å². The maximum absolute atomic E-state index is 12.2. The number of piperidine rings is 1. The number of ether oxygens (including phenoxy) is 1. The second kappa shape index (κ2) is 9.93. The fourth-order valence-corrected chi connectivity index (χ4v) is 4.25. The third kappa shape index (κ3) is 6.18. The molecule has 0 bridgehead atoms. The van der Waals surface area contributed by atoms with Gasteiger partial charge in [-0.1, -0.05) is 36.7 Å². The molecule has 2 rings (SSSR count). The molecule has 1 aliphatic rings. The number of benzene rings is 1. The van der Waals surface area contributed by atoms with Crippen LogP contribution in [0.3, 0.4) is 0 Å². The number of ketones is 1. The molecule has 10 heteroatoms. The zero-order valence-electron chi connectivity index (χ0n) is 16.3. The van der Waals surface area contributed by atoms with Crippen LogP contribution in [-0.2, 0) is 14.8 Å². The van der Waals surface area contributed by atoms with E-state index in [1.165, 1.54) is 22.7 Å². The molecule has 1 N–H and O–H groups in total. The van der Waals surface area contributed by atoms with Crippen LogP contribution in [0.15, 0.2) is 24.3 Å². The Balaban J connectivity index is 1.91. The monoisotopic (exact) mass is 462 g/mol. The van der Waals surface area contributed by atoms with Gasteiger partial charge in [-0.15, -0.1) is 0 Å². The van der Waals surface area contributed by atoms with Crippen molar-refractivity contribution in [1.82, 2.24) is 9.62 Å². The molecule has 7 nitrogen and oxygen atoms in total. The minimum atomic E-state index is -3.21. The first-order valence-electron chi connectivity index (χ1n) is 9.12. The van der Waals surface area contributed by atoms with E-state index >= 15 is 0 Å². The number of sulfonamides is 1. The van der Waals surface area contributed by atoms with Crippen molar-refractivity contribution in [3.63, 3.8) is 0 Å². The summed E-state index contributed by atoms with van der Waals surface area (Å²) in [5, 5.41) is 2.92. The van der Waals surface area contributed by atoms with Crippen molar-refractivity contribution in [2.45, 2.75) is 32.2 Å². The van der Waals surface area contributed by atoms with Crippen LogP contribution in [0.25, 0.3) is 0 Å². The van der Waals surface area contributed by atoms with Crippen LogP contribution < -0.4 is 10.1 Å². The number of amides is 1. The lowest BCUT2D eigenvalue weighted by molar-refractivity contribution is -0.124. The number of carbonyl (C=O) groups excluding carboxylic acids is 2. The third-order valence-electron chi connectivity index (χ3n) is 4.69. The summed E-state index contributed by atoms with van der Waals surface area (Å²) in [4.78, 5) is 24.4. The van der Waals surface area contributed by atoms with Gasteiger partial charge in [-0.25, -0.2) is 12.7 Å². The van der Waals surface area contributed by atoms with Crippen molar-refractivity contribution < 1.29 is 22.7 Å². The number of nitrogens with one attached hydrogen (secondary N) is 1. The van der Waals surface area contributed by atoms with Crippen molar-refractivity contribution in [1.29, 1.82) is 0 Å². The lowest BCUT2D eigenvalue weighted by atomic mass is 10.0. The van der Waals surface area contributed by atoms with Gasteiger partial charge in [0.05, 0.1) is 11.3 Å². The summed E-state index contributed by atoms with van der Waals surface area (Å²) in [6, 6.07) is 2.86. The second-order valence-corrected chi connectivity index (χ2v) is 9.56. The van der Waals surface area contributed by atoms with E-state index in [-0.39, 0.29) is 45.7 Å². The highest BCUT2D eigenvalue weighted by Crippen LogP contribution is 2.35. The number of halogens is 2. The van der Waals surface area contributed by atoms with E-state index in [2.05, 4.69) is 11.9 Å². The molecular weight excluding hydrogens is 439 g/mol. The number of rotatable bonds is 8. The standard InChI is InChI=1S/C19H24Cl2N2O5S/c1-4-12(2)19(25)14-5-6-15(18(21)17(14)20)28-11-16(24)22-13-7-9-23(10-8-13)29(3,26)27/h5-6,13H,2,4,7-11H2,1,3H3,(H,22,24). The molecular formula is C19H24Cl2N2O5S. The van der Waals surface area contributed by atoms with Gasteiger partial charge in [-0.05, 0) is 37.0 Å². The molecule has 0 atom stereocenters. The summed E-state index contributed by atoms with van der Waals surface area (Å²) in [5.74, 6) is -0.448. The van der Waals surface area contributed by atoms with Gasteiger partial charge in [0.1, 0.15) is 10.8 Å². The Morgan fingerprint density at radius 1 is 1.24 bits per heavy atom. The smallest absolute Gasteiger partial charge is 0.258 e. The first-order valence-corrected chi connectivity index (χ1v) is 11.7. The molecule has 1 heterocycles. The summed E-state index contributed by atoms with van der Waals surface area (Å²) >= 11 is 12.4. The van der Waals surface area contributed by atoms with Gasteiger partial charge in [0.15, 0.2) is 12.4 Å². The van der Waals surface area contributed by atoms with E-state index < -0.39 is 10.0 Å². The van der Waals surface area contributed by atoms with Crippen molar-refractivity contribution >= 4 is 44.9 Å². The van der Waals surface area contributed by atoms with E-state index in [0.717, 1.165) is 0 Å². The Kier molecular flexibility index (Phi) is 8.10. The number of Topliss-reactive ketones (excluding diaryl/α,β-unsaturated/α-hetero) is 1. The van der Waals surface area contributed by atoms with Gasteiger partial charge in [-0.2, -0.15) is 0 Å². The maximum atomic E-state index is 12.2. The summed E-state index contributed by atoms with van der Waals surface area (Å²) < 4.78 is 29.9. The highest BCUT2D eigenvalue weighted by molar-refractivity contribution is 7.88. The quantitative estimate of drug-likeness (QED) is 0.473. The van der Waals surface area contributed by atoms with Crippen LogP contribution in [0.4, 0.5) is 0 Å². The van der Waals surface area contributed by atoms with Gasteiger partial charge in [0.25, 0.3) is 5.91 Å². The highest BCUT2D eigenvalue weighted by Gasteiger charge is 2.26. The summed E-state index contributed by atoms with van der Waals surface area (Å²) in [5.41, 5.74) is 0.649. The van der Waals surface area contributed by atoms with Gasteiger partial charge in [-0.3, -0.25) is 9.59 Å². The van der Waals surface area contributed by atoms with Crippen LogP contribution in [0.1, 0.15) is 36.5 Å². The molecule has 0 aromatic heterocycles. The average Bonchev–Trinajstić information content (AvgIpc) is 2.67. The Morgan fingerprint density at radius 3 is 2.41 bits per heavy atom. The Hall–Kier alpha value is -1.61. The molecule has 29 heavy (non-hydrogen) atoms. The van der Waals surface area contributed by atoms with Crippen LogP contribution in [0, 0.1) is 0 Å². The molecule has 1 aliphatic heterocycles. The molecule has 0 saturated carbocycles. The minimum Gasteiger partial charge on any atom is -0.482 e. The van der Waals surface area contributed by atoms with E-state index in [0.29, 0.717) is 37.9 Å². The summed E-state index contributed by atoms with van der Waals surface area (Å²) in [6.45, 7) is 5.97. The third-order valence-corrected chi connectivity index (χ3v) is 6.85. The zero-order valence-corrected chi connectivity index (χ0v) is 18.7. The molecule has 1 amide bonds. The number of carbonyl (C=O) groups is 2. The molecule has 0 aliphatic carbocycles. The molecule has 160 valence electrons. The molecule has 0 unspecified atom stereocenters.